The highest BCUT2D eigenvalue weighted by Crippen LogP contribution is 2.25. The van der Waals surface area contributed by atoms with Gasteiger partial charge in [0.2, 0.25) is 0 Å². The molecule has 0 bridgehead atoms. The molecule has 0 fully saturated rings. The Morgan fingerprint density at radius 3 is 2.74 bits per heavy atom. The highest BCUT2D eigenvalue weighted by atomic mass is 19.1. The maximum absolute atomic E-state index is 13.1. The summed E-state index contributed by atoms with van der Waals surface area (Å²) in [6.45, 7) is 0. The van der Waals surface area contributed by atoms with Crippen LogP contribution in [-0.2, 0) is 4.74 Å². The Hall–Kier alpha value is -2.56. The van der Waals surface area contributed by atoms with Gasteiger partial charge in [0.25, 0.3) is 0 Å². The van der Waals surface area contributed by atoms with Gasteiger partial charge in [0.05, 0.1) is 24.0 Å². The van der Waals surface area contributed by atoms with Gasteiger partial charge >= 0.3 is 5.97 Å². The number of benzene rings is 2. The van der Waals surface area contributed by atoms with Crippen LogP contribution in [-0.4, -0.2) is 13.1 Å². The van der Waals surface area contributed by atoms with E-state index in [4.69, 9.17) is 5.73 Å². The second kappa shape index (κ2) is 5.39. The van der Waals surface area contributed by atoms with Crippen molar-refractivity contribution in [1.29, 1.82) is 0 Å². The molecule has 0 spiro atoms. The van der Waals surface area contributed by atoms with Crippen LogP contribution in [0.3, 0.4) is 0 Å². The molecule has 0 aliphatic rings. The molecule has 0 heterocycles. The van der Waals surface area contributed by atoms with Crippen molar-refractivity contribution in [1.82, 2.24) is 0 Å². The lowest BCUT2D eigenvalue weighted by Crippen LogP contribution is -2.04. The van der Waals surface area contributed by atoms with Gasteiger partial charge in [0.15, 0.2) is 0 Å². The predicted molar refractivity (Wildman–Crippen MR) is 71.9 cm³/mol. The molecule has 0 saturated carbocycles. The molecule has 0 radical (unpaired) electrons. The summed E-state index contributed by atoms with van der Waals surface area (Å²) in [6, 6.07) is 10.7. The van der Waals surface area contributed by atoms with Crippen LogP contribution >= 0.6 is 0 Å². The smallest absolute Gasteiger partial charge is 0.337 e. The second-order valence-corrected chi connectivity index (χ2v) is 3.93. The Balaban J connectivity index is 2.31. The normalized spacial score (nSPS) is 10.0. The number of hydrogen-bond acceptors (Lipinski definition) is 4. The van der Waals surface area contributed by atoms with E-state index in [9.17, 15) is 9.18 Å². The zero-order valence-corrected chi connectivity index (χ0v) is 10.3. The molecular weight excluding hydrogens is 247 g/mol. The van der Waals surface area contributed by atoms with Gasteiger partial charge in [-0.05, 0) is 36.4 Å². The van der Waals surface area contributed by atoms with E-state index in [1.54, 1.807) is 30.3 Å². The average Bonchev–Trinajstić information content (AvgIpc) is 2.40. The van der Waals surface area contributed by atoms with E-state index in [0.717, 1.165) is 0 Å². The molecule has 0 aromatic heterocycles. The summed E-state index contributed by atoms with van der Waals surface area (Å²) in [5.41, 5.74) is 7.71. The number of hydrogen-bond donors (Lipinski definition) is 2. The molecule has 0 saturated heterocycles. The van der Waals surface area contributed by atoms with Crippen LogP contribution < -0.4 is 11.1 Å². The summed E-state index contributed by atoms with van der Waals surface area (Å²) in [6.07, 6.45) is 0. The zero-order valence-electron chi connectivity index (χ0n) is 10.3. The van der Waals surface area contributed by atoms with Crippen molar-refractivity contribution < 1.29 is 13.9 Å². The third-order valence-electron chi connectivity index (χ3n) is 2.58. The molecule has 2 aromatic rings. The van der Waals surface area contributed by atoms with Gasteiger partial charge in [0, 0.05) is 5.69 Å². The molecular formula is C14H13FN2O2. The number of carbonyl (C=O) groups is 1. The van der Waals surface area contributed by atoms with Crippen molar-refractivity contribution in [2.75, 3.05) is 18.2 Å². The monoisotopic (exact) mass is 260 g/mol. The van der Waals surface area contributed by atoms with Crippen molar-refractivity contribution in [3.8, 4) is 0 Å². The van der Waals surface area contributed by atoms with Gasteiger partial charge in [-0.15, -0.1) is 0 Å². The summed E-state index contributed by atoms with van der Waals surface area (Å²) >= 11 is 0. The number of nitrogens with two attached hydrogens (primary N) is 1. The number of nitrogens with one attached hydrogen (secondary N) is 1. The number of rotatable bonds is 3. The summed E-state index contributed by atoms with van der Waals surface area (Å²) < 4.78 is 17.7. The van der Waals surface area contributed by atoms with Gasteiger partial charge in [-0.25, -0.2) is 9.18 Å². The third-order valence-corrected chi connectivity index (χ3v) is 2.58. The minimum Gasteiger partial charge on any atom is -0.465 e. The van der Waals surface area contributed by atoms with Crippen LogP contribution in [0.15, 0.2) is 42.5 Å². The van der Waals surface area contributed by atoms with Crippen molar-refractivity contribution in [2.45, 2.75) is 0 Å². The summed E-state index contributed by atoms with van der Waals surface area (Å²) in [4.78, 5) is 11.4. The molecule has 3 N–H and O–H groups in total. The number of anilines is 3. The number of methoxy groups -OCH3 is 1. The zero-order chi connectivity index (χ0) is 13.8. The first-order chi connectivity index (χ1) is 9.10. The third kappa shape index (κ3) is 3.01. The van der Waals surface area contributed by atoms with Gasteiger partial charge in [-0.1, -0.05) is 6.07 Å². The van der Waals surface area contributed by atoms with E-state index in [2.05, 4.69) is 10.1 Å². The average molecular weight is 260 g/mol. The topological polar surface area (TPSA) is 64.3 Å². The molecule has 0 amide bonds. The maximum atomic E-state index is 13.1. The van der Waals surface area contributed by atoms with Gasteiger partial charge in [-0.2, -0.15) is 0 Å². The van der Waals surface area contributed by atoms with Crippen molar-refractivity contribution in [3.63, 3.8) is 0 Å². The van der Waals surface area contributed by atoms with E-state index < -0.39 is 5.97 Å². The predicted octanol–water partition coefficient (Wildman–Crippen LogP) is 2.94. The fourth-order valence-corrected chi connectivity index (χ4v) is 1.63. The summed E-state index contributed by atoms with van der Waals surface area (Å²) in [5.74, 6) is -0.810. The quantitative estimate of drug-likeness (QED) is 0.658. The van der Waals surface area contributed by atoms with E-state index in [1.807, 2.05) is 0 Å². The van der Waals surface area contributed by atoms with Crippen LogP contribution in [0.5, 0.6) is 0 Å². The fourth-order valence-electron chi connectivity index (χ4n) is 1.63. The lowest BCUT2D eigenvalue weighted by molar-refractivity contribution is 0.0601. The number of ether oxygens (including phenoxy) is 1. The summed E-state index contributed by atoms with van der Waals surface area (Å²) in [5, 5.41) is 2.96. The van der Waals surface area contributed by atoms with Crippen LogP contribution in [0.2, 0.25) is 0 Å². The van der Waals surface area contributed by atoms with Crippen molar-refractivity contribution in [2.24, 2.45) is 0 Å². The number of nitrogen functional groups attached to an aromatic ring is 1. The number of esters is 1. The molecule has 98 valence electrons. The SMILES string of the molecule is COC(=O)c1ccc(N)c(Nc2cccc(F)c2)c1. The molecule has 19 heavy (non-hydrogen) atoms. The Morgan fingerprint density at radius 2 is 2.05 bits per heavy atom. The van der Waals surface area contributed by atoms with Crippen LogP contribution in [0.25, 0.3) is 0 Å². The Kier molecular flexibility index (Phi) is 3.66. The number of halogens is 1. The molecule has 0 atom stereocenters. The van der Waals surface area contributed by atoms with Crippen LogP contribution in [0.1, 0.15) is 10.4 Å². The minimum absolute atomic E-state index is 0.354. The van der Waals surface area contributed by atoms with E-state index in [0.29, 0.717) is 22.6 Å². The molecule has 0 unspecified atom stereocenters. The van der Waals surface area contributed by atoms with Gasteiger partial charge in [0.1, 0.15) is 5.82 Å². The molecule has 5 heteroatoms. The highest BCUT2D eigenvalue weighted by molar-refractivity contribution is 5.92. The van der Waals surface area contributed by atoms with E-state index in [1.165, 1.54) is 19.2 Å². The van der Waals surface area contributed by atoms with E-state index >= 15 is 0 Å². The standard InChI is InChI=1S/C14H13FN2O2/c1-19-14(18)9-5-6-12(16)13(7-9)17-11-4-2-3-10(15)8-11/h2-8,17H,16H2,1H3. The van der Waals surface area contributed by atoms with Crippen molar-refractivity contribution >= 4 is 23.0 Å². The van der Waals surface area contributed by atoms with Gasteiger partial charge in [-0.3, -0.25) is 0 Å². The van der Waals surface area contributed by atoms with Crippen LogP contribution in [0, 0.1) is 5.82 Å². The van der Waals surface area contributed by atoms with Crippen molar-refractivity contribution in [3.05, 3.63) is 53.8 Å². The molecule has 0 aliphatic carbocycles. The first kappa shape index (κ1) is 12.9. The first-order valence-corrected chi connectivity index (χ1v) is 5.60. The minimum atomic E-state index is -0.456. The molecule has 4 nitrogen and oxygen atoms in total. The highest BCUT2D eigenvalue weighted by Gasteiger charge is 2.08. The fraction of sp³-hybridized carbons (Fsp3) is 0.0714. The molecule has 0 aliphatic heterocycles. The lowest BCUT2D eigenvalue weighted by Gasteiger charge is -2.10. The molecule has 2 rings (SSSR count). The lowest BCUT2D eigenvalue weighted by atomic mass is 10.1. The van der Waals surface area contributed by atoms with Crippen LogP contribution in [0.4, 0.5) is 21.5 Å². The summed E-state index contributed by atoms with van der Waals surface area (Å²) in [7, 11) is 1.30. The maximum Gasteiger partial charge on any atom is 0.337 e. The Morgan fingerprint density at radius 1 is 1.26 bits per heavy atom. The van der Waals surface area contributed by atoms with Gasteiger partial charge < -0.3 is 15.8 Å². The number of carbonyl (C=O) groups excluding carboxylic acids is 1. The second-order valence-electron chi connectivity index (χ2n) is 3.93. The largest absolute Gasteiger partial charge is 0.465 e. The Bertz CT molecular complexity index is 614. The Labute approximate surface area is 110 Å². The molecule has 2 aromatic carbocycles. The van der Waals surface area contributed by atoms with E-state index in [-0.39, 0.29) is 5.82 Å². The first-order valence-electron chi connectivity index (χ1n) is 5.60.